The lowest BCUT2D eigenvalue weighted by molar-refractivity contribution is -0.142. The van der Waals surface area contributed by atoms with E-state index in [2.05, 4.69) is 20.9 Å². The molecule has 4 atom stereocenters. The second-order valence-corrected chi connectivity index (χ2v) is 9.30. The van der Waals surface area contributed by atoms with Crippen LogP contribution >= 0.6 is 11.8 Å². The number of carboxylic acids is 1. The van der Waals surface area contributed by atoms with Crippen LogP contribution in [0.15, 0.2) is 30.5 Å². The van der Waals surface area contributed by atoms with Crippen molar-refractivity contribution in [2.75, 3.05) is 12.0 Å². The van der Waals surface area contributed by atoms with Crippen molar-refractivity contribution in [1.29, 1.82) is 0 Å². The van der Waals surface area contributed by atoms with Crippen molar-refractivity contribution in [2.24, 2.45) is 11.5 Å². The Balaban J connectivity index is 2.26. The lowest BCUT2D eigenvalue weighted by Gasteiger charge is -2.24. The molecule has 0 fully saturated rings. The third-order valence-electron chi connectivity index (χ3n) is 5.47. The van der Waals surface area contributed by atoms with Gasteiger partial charge in [-0.15, -0.1) is 0 Å². The number of hydrogen-bond donors (Lipinski definition) is 7. The van der Waals surface area contributed by atoms with E-state index in [0.717, 1.165) is 10.9 Å². The normalized spacial score (nSPS) is 14.3. The maximum atomic E-state index is 13.1. The SMILES string of the molecule is CSCCC(N)C(=O)NC(CC(N)=O)C(=O)NC(Cc1c[nH]c2ccccc12)C(=O)NC(C)C(=O)O. The quantitative estimate of drug-likeness (QED) is 0.168. The molecule has 0 spiro atoms. The van der Waals surface area contributed by atoms with Gasteiger partial charge >= 0.3 is 5.97 Å². The van der Waals surface area contributed by atoms with Gasteiger partial charge in [-0.3, -0.25) is 24.0 Å². The van der Waals surface area contributed by atoms with Crippen LogP contribution in [0.1, 0.15) is 25.3 Å². The van der Waals surface area contributed by atoms with E-state index in [1.54, 1.807) is 6.20 Å². The van der Waals surface area contributed by atoms with Crippen molar-refractivity contribution >= 4 is 52.3 Å². The van der Waals surface area contributed by atoms with Gasteiger partial charge in [0, 0.05) is 23.5 Å². The van der Waals surface area contributed by atoms with E-state index in [0.29, 0.717) is 17.7 Å². The van der Waals surface area contributed by atoms with Crippen LogP contribution in [0.2, 0.25) is 0 Å². The largest absolute Gasteiger partial charge is 0.480 e. The number of aliphatic carboxylic acids is 1. The maximum absolute atomic E-state index is 13.1. The number of nitrogens with two attached hydrogens (primary N) is 2. The molecule has 0 bridgehead atoms. The van der Waals surface area contributed by atoms with E-state index in [1.807, 2.05) is 30.5 Å². The van der Waals surface area contributed by atoms with Gasteiger partial charge in [0.25, 0.3) is 0 Å². The molecule has 0 saturated carbocycles. The minimum Gasteiger partial charge on any atom is -0.480 e. The number of carboxylic acid groups (broad SMARTS) is 1. The van der Waals surface area contributed by atoms with Gasteiger partial charge in [0.15, 0.2) is 0 Å². The molecule has 0 aliphatic heterocycles. The number of aromatic amines is 1. The molecule has 0 radical (unpaired) electrons. The summed E-state index contributed by atoms with van der Waals surface area (Å²) in [5, 5.41) is 17.3. The van der Waals surface area contributed by atoms with Crippen LogP contribution in [0.3, 0.4) is 0 Å². The number of carbonyl (C=O) groups is 5. The summed E-state index contributed by atoms with van der Waals surface area (Å²) in [5.41, 5.74) is 12.6. The van der Waals surface area contributed by atoms with E-state index in [1.165, 1.54) is 18.7 Å². The predicted octanol–water partition coefficient (Wildman–Crippen LogP) is -0.775. The zero-order valence-electron chi connectivity index (χ0n) is 20.1. The summed E-state index contributed by atoms with van der Waals surface area (Å²) in [6.07, 6.45) is 3.40. The molecule has 12 nitrogen and oxygen atoms in total. The molecule has 1 aromatic carbocycles. The number of benzene rings is 1. The fourth-order valence-electron chi connectivity index (χ4n) is 3.44. The molecule has 1 heterocycles. The van der Waals surface area contributed by atoms with Crippen LogP contribution in [0.25, 0.3) is 10.9 Å². The summed E-state index contributed by atoms with van der Waals surface area (Å²) < 4.78 is 0. The number of H-pyrrole nitrogens is 1. The molecule has 1 aromatic heterocycles. The Labute approximate surface area is 212 Å². The summed E-state index contributed by atoms with van der Waals surface area (Å²) in [4.78, 5) is 64.4. The first-order valence-corrected chi connectivity index (χ1v) is 12.6. The highest BCUT2D eigenvalue weighted by Gasteiger charge is 2.31. The van der Waals surface area contributed by atoms with Crippen LogP contribution in [0.4, 0.5) is 0 Å². The third kappa shape index (κ3) is 8.27. The zero-order valence-corrected chi connectivity index (χ0v) is 20.9. The van der Waals surface area contributed by atoms with Gasteiger partial charge in [0.2, 0.25) is 23.6 Å². The lowest BCUT2D eigenvalue weighted by Crippen LogP contribution is -2.58. The molecule has 0 aliphatic rings. The first kappa shape index (κ1) is 28.7. The number of para-hydroxylation sites is 1. The van der Waals surface area contributed by atoms with Crippen LogP contribution in [0, 0.1) is 0 Å². The Hall–Kier alpha value is -3.58. The zero-order chi connectivity index (χ0) is 26.8. The van der Waals surface area contributed by atoms with Crippen molar-refractivity contribution in [3.63, 3.8) is 0 Å². The Kier molecular flexibility index (Phi) is 10.7. The van der Waals surface area contributed by atoms with E-state index in [-0.39, 0.29) is 6.42 Å². The topological polar surface area (TPSA) is 209 Å². The summed E-state index contributed by atoms with van der Waals surface area (Å²) in [5.74, 6) is -3.69. The van der Waals surface area contributed by atoms with Crippen molar-refractivity contribution < 1.29 is 29.1 Å². The van der Waals surface area contributed by atoms with E-state index in [9.17, 15) is 29.1 Å². The molecule has 2 rings (SSSR count). The van der Waals surface area contributed by atoms with Crippen molar-refractivity contribution in [3.05, 3.63) is 36.0 Å². The second-order valence-electron chi connectivity index (χ2n) is 8.31. The monoisotopic (exact) mass is 520 g/mol. The summed E-state index contributed by atoms with van der Waals surface area (Å²) >= 11 is 1.50. The van der Waals surface area contributed by atoms with E-state index in [4.69, 9.17) is 11.5 Å². The molecule has 0 aliphatic carbocycles. The van der Waals surface area contributed by atoms with Gasteiger partial charge in [-0.2, -0.15) is 11.8 Å². The predicted molar refractivity (Wildman–Crippen MR) is 136 cm³/mol. The van der Waals surface area contributed by atoms with Gasteiger partial charge in [-0.05, 0) is 37.0 Å². The highest BCUT2D eigenvalue weighted by atomic mass is 32.2. The number of hydrogen-bond acceptors (Lipinski definition) is 7. The summed E-state index contributed by atoms with van der Waals surface area (Å²) in [7, 11) is 0. The molecule has 4 amide bonds. The fraction of sp³-hybridized carbons (Fsp3) is 0.435. The number of nitrogens with one attached hydrogen (secondary N) is 4. The number of aromatic nitrogens is 1. The number of fused-ring (bicyclic) bond motifs is 1. The Morgan fingerprint density at radius 3 is 2.31 bits per heavy atom. The molecule has 36 heavy (non-hydrogen) atoms. The first-order valence-electron chi connectivity index (χ1n) is 11.2. The maximum Gasteiger partial charge on any atom is 0.325 e. The van der Waals surface area contributed by atoms with E-state index >= 15 is 0 Å². The standard InChI is InChI=1S/C23H32N6O6S/c1-12(23(34)35)27-21(32)17(9-13-11-26-16-6-4-3-5-14(13)16)29-22(33)18(10-19(25)30)28-20(31)15(24)7-8-36-2/h3-6,11-12,15,17-18,26H,7-10,24H2,1-2H3,(H2,25,30)(H,27,32)(H,28,31)(H,29,33)(H,34,35). The highest BCUT2D eigenvalue weighted by molar-refractivity contribution is 7.98. The number of primary amides is 1. The molecule has 196 valence electrons. The van der Waals surface area contributed by atoms with Gasteiger partial charge < -0.3 is 37.5 Å². The minimum absolute atomic E-state index is 0.0123. The summed E-state index contributed by atoms with van der Waals surface area (Å²) in [6, 6.07) is 2.64. The Morgan fingerprint density at radius 2 is 1.67 bits per heavy atom. The molecule has 0 saturated heterocycles. The third-order valence-corrected chi connectivity index (χ3v) is 6.11. The number of thioether (sulfide) groups is 1. The number of amides is 4. The van der Waals surface area contributed by atoms with Gasteiger partial charge in [0.1, 0.15) is 18.1 Å². The van der Waals surface area contributed by atoms with Crippen LogP contribution in [-0.4, -0.2) is 75.9 Å². The number of rotatable bonds is 14. The second kappa shape index (κ2) is 13.5. The molecule has 2 aromatic rings. The van der Waals surface area contributed by atoms with E-state index < -0.39 is 60.2 Å². The van der Waals surface area contributed by atoms with Crippen LogP contribution in [-0.2, 0) is 30.4 Å². The number of carbonyl (C=O) groups excluding carboxylic acids is 4. The Bertz CT molecular complexity index is 1110. The molecular formula is C23H32N6O6S. The van der Waals surface area contributed by atoms with Gasteiger partial charge in [-0.25, -0.2) is 0 Å². The Morgan fingerprint density at radius 1 is 1.03 bits per heavy atom. The summed E-state index contributed by atoms with van der Waals surface area (Å²) in [6.45, 7) is 1.29. The van der Waals surface area contributed by atoms with Crippen LogP contribution in [0.5, 0.6) is 0 Å². The minimum atomic E-state index is -1.37. The molecule has 13 heteroatoms. The molecule has 4 unspecified atom stereocenters. The van der Waals surface area contributed by atoms with Crippen LogP contribution < -0.4 is 27.4 Å². The highest BCUT2D eigenvalue weighted by Crippen LogP contribution is 2.19. The average Bonchev–Trinajstić information content (AvgIpc) is 3.23. The van der Waals surface area contributed by atoms with Gasteiger partial charge in [0.05, 0.1) is 12.5 Å². The fourth-order valence-corrected chi connectivity index (χ4v) is 3.93. The van der Waals surface area contributed by atoms with Crippen molar-refractivity contribution in [3.8, 4) is 0 Å². The smallest absolute Gasteiger partial charge is 0.325 e. The van der Waals surface area contributed by atoms with Crippen molar-refractivity contribution in [2.45, 2.75) is 50.4 Å². The molecule has 9 N–H and O–H groups in total. The van der Waals surface area contributed by atoms with Gasteiger partial charge in [-0.1, -0.05) is 18.2 Å². The lowest BCUT2D eigenvalue weighted by atomic mass is 10.0. The van der Waals surface area contributed by atoms with Crippen molar-refractivity contribution in [1.82, 2.24) is 20.9 Å². The average molecular weight is 521 g/mol. The first-order chi connectivity index (χ1) is 17.0. The molecular weight excluding hydrogens is 488 g/mol.